The Balaban J connectivity index is 2.10. The summed E-state index contributed by atoms with van der Waals surface area (Å²) in [5.41, 5.74) is 3.74. The van der Waals surface area contributed by atoms with Crippen LogP contribution in [0, 0.1) is 0 Å². The van der Waals surface area contributed by atoms with Gasteiger partial charge < -0.3 is 15.3 Å². The fourth-order valence-electron chi connectivity index (χ4n) is 1.99. The van der Waals surface area contributed by atoms with Crippen molar-refractivity contribution in [3.8, 4) is 11.1 Å². The number of hydrogen-bond acceptors (Lipinski definition) is 3. The van der Waals surface area contributed by atoms with Crippen molar-refractivity contribution in [3.63, 3.8) is 0 Å². The van der Waals surface area contributed by atoms with Crippen LogP contribution in [0.25, 0.3) is 11.1 Å². The molecule has 0 radical (unpaired) electrons. The Morgan fingerprint density at radius 3 is 1.78 bits per heavy atom. The number of imide groups is 1. The van der Waals surface area contributed by atoms with E-state index in [0.29, 0.717) is 10.6 Å². The molecule has 2 rings (SSSR count). The molecule has 6 heteroatoms. The number of carbonyl (C=O) groups is 2. The number of rotatable bonds is 3. The van der Waals surface area contributed by atoms with E-state index in [0.717, 1.165) is 16.8 Å². The Kier molecular flexibility index (Phi) is 4.85. The van der Waals surface area contributed by atoms with E-state index in [2.05, 4.69) is 5.32 Å². The van der Waals surface area contributed by atoms with Crippen LogP contribution < -0.4 is 10.2 Å². The number of anilines is 2. The summed E-state index contributed by atoms with van der Waals surface area (Å²) in [5.74, 6) is 0. The largest absolute Gasteiger partial charge is 0.465 e. The normalized spacial score (nSPS) is 10.0. The second-order valence-corrected chi connectivity index (χ2v) is 5.29. The van der Waals surface area contributed by atoms with E-state index in [1.807, 2.05) is 55.4 Å². The Morgan fingerprint density at radius 2 is 1.35 bits per heavy atom. The summed E-state index contributed by atoms with van der Waals surface area (Å²) in [6.07, 6.45) is -1.31. The third-order valence-electron chi connectivity index (χ3n) is 3.44. The van der Waals surface area contributed by atoms with Gasteiger partial charge in [-0.1, -0.05) is 24.3 Å². The van der Waals surface area contributed by atoms with Gasteiger partial charge in [0.2, 0.25) is 0 Å². The van der Waals surface area contributed by atoms with Crippen molar-refractivity contribution in [2.45, 2.75) is 0 Å². The first-order valence-corrected chi connectivity index (χ1v) is 7.04. The summed E-state index contributed by atoms with van der Waals surface area (Å²) >= 11 is 0. The molecular formula is C17H19N3O3. The molecule has 0 fully saturated rings. The van der Waals surface area contributed by atoms with Gasteiger partial charge in [0, 0.05) is 32.5 Å². The van der Waals surface area contributed by atoms with Gasteiger partial charge in [-0.05, 0) is 35.4 Å². The summed E-state index contributed by atoms with van der Waals surface area (Å²) in [6, 6.07) is 14.7. The maximum atomic E-state index is 11.6. The first-order valence-electron chi connectivity index (χ1n) is 7.04. The molecule has 3 amide bonds. The number of benzene rings is 2. The molecular weight excluding hydrogens is 294 g/mol. The fraction of sp³-hybridized carbons (Fsp3) is 0.176. The highest BCUT2D eigenvalue weighted by molar-refractivity contribution is 5.98. The minimum Gasteiger partial charge on any atom is -0.465 e. The zero-order valence-electron chi connectivity index (χ0n) is 13.3. The lowest BCUT2D eigenvalue weighted by Crippen LogP contribution is -2.35. The molecule has 0 aliphatic carbocycles. The molecule has 6 nitrogen and oxygen atoms in total. The molecule has 0 heterocycles. The molecule has 2 N–H and O–H groups in total. The van der Waals surface area contributed by atoms with Gasteiger partial charge in [0.1, 0.15) is 0 Å². The molecule has 0 bridgehead atoms. The van der Waals surface area contributed by atoms with Crippen LogP contribution in [0.4, 0.5) is 21.0 Å². The molecule has 0 aromatic heterocycles. The van der Waals surface area contributed by atoms with E-state index in [9.17, 15) is 9.59 Å². The van der Waals surface area contributed by atoms with Gasteiger partial charge in [-0.25, -0.2) is 14.5 Å². The number of amides is 3. The highest BCUT2D eigenvalue weighted by Crippen LogP contribution is 2.24. The first kappa shape index (κ1) is 16.4. The Labute approximate surface area is 135 Å². The summed E-state index contributed by atoms with van der Waals surface area (Å²) in [5, 5.41) is 11.3. The summed E-state index contributed by atoms with van der Waals surface area (Å²) in [6.45, 7) is 0. The minimum atomic E-state index is -1.31. The van der Waals surface area contributed by atoms with E-state index in [1.165, 1.54) is 7.05 Å². The van der Waals surface area contributed by atoms with Gasteiger partial charge in [0.25, 0.3) is 0 Å². The number of hydrogen-bond donors (Lipinski definition) is 2. The van der Waals surface area contributed by atoms with Gasteiger partial charge >= 0.3 is 12.1 Å². The Hall–Kier alpha value is -3.02. The first-order chi connectivity index (χ1) is 10.9. The van der Waals surface area contributed by atoms with Gasteiger partial charge in [0.15, 0.2) is 0 Å². The highest BCUT2D eigenvalue weighted by atomic mass is 16.4. The lowest BCUT2D eigenvalue weighted by Gasteiger charge is -2.14. The standard InChI is InChI=1S/C17H19N3O3/c1-19(2)15-10-6-13(7-11-15)12-4-8-14(9-5-12)18-16(21)20(3)17(22)23/h4-11H,1-3H3,(H,18,21)(H,22,23). The van der Waals surface area contributed by atoms with Crippen LogP contribution in [0.1, 0.15) is 0 Å². The van der Waals surface area contributed by atoms with E-state index in [-0.39, 0.29) is 0 Å². The van der Waals surface area contributed by atoms with Crippen LogP contribution in [-0.4, -0.2) is 43.3 Å². The fourth-order valence-corrected chi connectivity index (χ4v) is 1.99. The van der Waals surface area contributed by atoms with E-state index >= 15 is 0 Å². The molecule has 120 valence electrons. The topological polar surface area (TPSA) is 72.9 Å². The zero-order chi connectivity index (χ0) is 17.0. The number of nitrogens with one attached hydrogen (secondary N) is 1. The van der Waals surface area contributed by atoms with Crippen molar-refractivity contribution in [2.75, 3.05) is 31.4 Å². The van der Waals surface area contributed by atoms with Crippen molar-refractivity contribution in [3.05, 3.63) is 48.5 Å². The average Bonchev–Trinajstić information content (AvgIpc) is 2.54. The van der Waals surface area contributed by atoms with Gasteiger partial charge in [-0.15, -0.1) is 0 Å². The van der Waals surface area contributed by atoms with Gasteiger partial charge in [-0.3, -0.25) is 0 Å². The molecule has 0 aliphatic rings. The Morgan fingerprint density at radius 1 is 0.870 bits per heavy atom. The van der Waals surface area contributed by atoms with Gasteiger partial charge in [-0.2, -0.15) is 0 Å². The monoisotopic (exact) mass is 313 g/mol. The Bertz CT molecular complexity index is 694. The quantitative estimate of drug-likeness (QED) is 0.908. The number of carbonyl (C=O) groups excluding carboxylic acids is 1. The third-order valence-corrected chi connectivity index (χ3v) is 3.44. The van der Waals surface area contributed by atoms with Gasteiger partial charge in [0.05, 0.1) is 0 Å². The number of urea groups is 1. The lowest BCUT2D eigenvalue weighted by molar-refractivity contribution is 0.161. The molecule has 0 saturated heterocycles. The van der Waals surface area contributed by atoms with E-state index in [4.69, 9.17) is 5.11 Å². The van der Waals surface area contributed by atoms with Crippen LogP contribution in [0.2, 0.25) is 0 Å². The van der Waals surface area contributed by atoms with Crippen molar-refractivity contribution in [2.24, 2.45) is 0 Å². The summed E-state index contributed by atoms with van der Waals surface area (Å²) in [7, 11) is 5.17. The maximum Gasteiger partial charge on any atom is 0.415 e. The predicted octanol–water partition coefficient (Wildman–Crippen LogP) is 3.56. The molecule has 23 heavy (non-hydrogen) atoms. The smallest absolute Gasteiger partial charge is 0.415 e. The molecule has 0 spiro atoms. The van der Waals surface area contributed by atoms with Crippen LogP contribution in [-0.2, 0) is 0 Å². The molecule has 0 aliphatic heterocycles. The van der Waals surface area contributed by atoms with Crippen molar-refractivity contribution in [1.82, 2.24) is 4.90 Å². The molecule has 2 aromatic carbocycles. The average molecular weight is 313 g/mol. The molecule has 0 saturated carbocycles. The summed E-state index contributed by atoms with van der Waals surface area (Å²) in [4.78, 5) is 25.0. The third kappa shape index (κ3) is 4.00. The van der Waals surface area contributed by atoms with Crippen LogP contribution >= 0.6 is 0 Å². The SMILES string of the molecule is CN(C(=O)O)C(=O)Nc1ccc(-c2ccc(N(C)C)cc2)cc1. The molecule has 0 atom stereocenters. The van der Waals surface area contributed by atoms with Crippen LogP contribution in [0.5, 0.6) is 0 Å². The van der Waals surface area contributed by atoms with Crippen LogP contribution in [0.3, 0.4) is 0 Å². The number of nitrogens with zero attached hydrogens (tertiary/aromatic N) is 2. The molecule has 2 aromatic rings. The van der Waals surface area contributed by atoms with E-state index in [1.54, 1.807) is 12.1 Å². The van der Waals surface area contributed by atoms with Crippen molar-refractivity contribution >= 4 is 23.5 Å². The van der Waals surface area contributed by atoms with E-state index < -0.39 is 12.1 Å². The molecule has 0 unspecified atom stereocenters. The second kappa shape index (κ2) is 6.83. The maximum absolute atomic E-state index is 11.6. The van der Waals surface area contributed by atoms with Crippen LogP contribution in [0.15, 0.2) is 48.5 Å². The zero-order valence-corrected chi connectivity index (χ0v) is 13.3. The number of carboxylic acid groups (broad SMARTS) is 1. The second-order valence-electron chi connectivity index (χ2n) is 5.29. The van der Waals surface area contributed by atoms with Crippen molar-refractivity contribution in [1.29, 1.82) is 0 Å². The lowest BCUT2D eigenvalue weighted by atomic mass is 10.0. The van der Waals surface area contributed by atoms with Crippen molar-refractivity contribution < 1.29 is 14.7 Å². The minimum absolute atomic E-state index is 0.539. The summed E-state index contributed by atoms with van der Waals surface area (Å²) < 4.78 is 0. The predicted molar refractivity (Wildman–Crippen MR) is 91.0 cm³/mol. The highest BCUT2D eigenvalue weighted by Gasteiger charge is 2.14.